The van der Waals surface area contributed by atoms with Crippen LogP contribution in [0.4, 0.5) is 0 Å². The number of fused-ring (bicyclic) bond motifs is 6. The number of para-hydroxylation sites is 1. The van der Waals surface area contributed by atoms with Crippen LogP contribution in [0.3, 0.4) is 0 Å². The van der Waals surface area contributed by atoms with Gasteiger partial charge < -0.3 is 9.13 Å². The smallest absolute Gasteiger partial charge is 0.0963 e. The fourth-order valence-corrected chi connectivity index (χ4v) is 6.91. The molecule has 0 spiro atoms. The largest absolute Gasteiger partial charge is 0.308 e. The van der Waals surface area contributed by atoms with Gasteiger partial charge >= 0.3 is 0 Å². The van der Waals surface area contributed by atoms with E-state index in [-0.39, 0.29) is 0 Å². The number of aryl methyl sites for hydroxylation is 2. The van der Waals surface area contributed by atoms with Crippen molar-refractivity contribution >= 4 is 43.9 Å². The quantitative estimate of drug-likeness (QED) is 0.206. The van der Waals surface area contributed by atoms with Gasteiger partial charge in [0, 0.05) is 34.5 Å². The highest BCUT2D eigenvalue weighted by Crippen LogP contribution is 2.37. The number of hydrogen-bond acceptors (Lipinski definition) is 2. The van der Waals surface area contributed by atoms with E-state index in [1.54, 1.807) is 0 Å². The van der Waals surface area contributed by atoms with E-state index in [9.17, 15) is 0 Å². The average Bonchev–Trinajstić information content (AvgIpc) is 3.57. The molecule has 4 nitrogen and oxygen atoms in total. The van der Waals surface area contributed by atoms with Gasteiger partial charge in [0.05, 0.1) is 33.1 Å². The Morgan fingerprint density at radius 2 is 1.11 bits per heavy atom. The first-order chi connectivity index (χ1) is 21.5. The third-order valence-electron chi connectivity index (χ3n) is 9.38. The number of hydrogen-bond donors (Lipinski definition) is 0. The van der Waals surface area contributed by atoms with E-state index in [1.807, 2.05) is 24.5 Å². The minimum absolute atomic E-state index is 0.518. The summed E-state index contributed by atoms with van der Waals surface area (Å²) in [5.74, 6) is 0.518. The first-order valence-corrected chi connectivity index (χ1v) is 15.5. The van der Waals surface area contributed by atoms with E-state index in [2.05, 4.69) is 128 Å². The predicted molar refractivity (Wildman–Crippen MR) is 184 cm³/mol. The molecule has 0 amide bonds. The Morgan fingerprint density at radius 3 is 1.70 bits per heavy atom. The summed E-state index contributed by atoms with van der Waals surface area (Å²) in [4.78, 5) is 9.53. The zero-order chi connectivity index (χ0) is 29.9. The highest BCUT2D eigenvalue weighted by Gasteiger charge is 2.17. The molecule has 0 saturated heterocycles. The normalized spacial score (nSPS) is 12.5. The van der Waals surface area contributed by atoms with E-state index in [1.165, 1.54) is 49.6 Å². The SMILES string of the molecule is CCC(C)c1ccc2c(c1)c1ncccc1n2-c1ccc(-c2ccc(-n3c4ccccc4c4ncccc43)cc2C)c(C)c1. The van der Waals surface area contributed by atoms with E-state index in [0.29, 0.717) is 5.92 Å². The van der Waals surface area contributed by atoms with E-state index in [0.717, 1.165) is 39.9 Å². The summed E-state index contributed by atoms with van der Waals surface area (Å²) in [6.45, 7) is 8.98. The molecule has 0 aliphatic carbocycles. The van der Waals surface area contributed by atoms with Crippen LogP contribution in [0.2, 0.25) is 0 Å². The summed E-state index contributed by atoms with van der Waals surface area (Å²) in [6, 6.07) is 37.5. The molecule has 0 fully saturated rings. The lowest BCUT2D eigenvalue weighted by Gasteiger charge is -2.16. The van der Waals surface area contributed by atoms with Crippen LogP contribution in [0.5, 0.6) is 0 Å². The van der Waals surface area contributed by atoms with Gasteiger partial charge in [0.2, 0.25) is 0 Å². The van der Waals surface area contributed by atoms with Crippen molar-refractivity contribution in [1.82, 2.24) is 19.1 Å². The van der Waals surface area contributed by atoms with Gasteiger partial charge in [-0.3, -0.25) is 9.97 Å². The van der Waals surface area contributed by atoms with Crippen LogP contribution in [0.25, 0.3) is 66.4 Å². The lowest BCUT2D eigenvalue weighted by molar-refractivity contribution is 0.735. The molecule has 1 atom stereocenters. The highest BCUT2D eigenvalue weighted by molar-refractivity contribution is 6.08. The molecular weight excluding hydrogens is 536 g/mol. The molecule has 0 N–H and O–H groups in total. The topological polar surface area (TPSA) is 35.6 Å². The first-order valence-electron chi connectivity index (χ1n) is 15.5. The Balaban J connectivity index is 1.23. The summed E-state index contributed by atoms with van der Waals surface area (Å²) in [7, 11) is 0. The molecule has 4 heterocycles. The van der Waals surface area contributed by atoms with Crippen LogP contribution in [-0.2, 0) is 0 Å². The van der Waals surface area contributed by atoms with Crippen molar-refractivity contribution in [2.75, 3.05) is 0 Å². The maximum Gasteiger partial charge on any atom is 0.0963 e. The van der Waals surface area contributed by atoms with Gasteiger partial charge in [0.15, 0.2) is 0 Å². The van der Waals surface area contributed by atoms with E-state index >= 15 is 0 Å². The number of aromatic nitrogens is 4. The first kappa shape index (κ1) is 26.4. The molecule has 4 heteroatoms. The van der Waals surface area contributed by atoms with Gasteiger partial charge in [-0.05, 0) is 121 Å². The van der Waals surface area contributed by atoms with Gasteiger partial charge in [0.1, 0.15) is 0 Å². The van der Waals surface area contributed by atoms with Crippen LogP contribution in [0.15, 0.2) is 116 Å². The fraction of sp³-hybridized carbons (Fsp3) is 0.150. The predicted octanol–water partition coefficient (Wildman–Crippen LogP) is 10.5. The van der Waals surface area contributed by atoms with Crippen LogP contribution < -0.4 is 0 Å². The second-order valence-corrected chi connectivity index (χ2v) is 12.0. The lowest BCUT2D eigenvalue weighted by Crippen LogP contribution is -1.98. The zero-order valence-corrected chi connectivity index (χ0v) is 25.5. The van der Waals surface area contributed by atoms with E-state index < -0.39 is 0 Å². The van der Waals surface area contributed by atoms with Gasteiger partial charge in [-0.15, -0.1) is 0 Å². The van der Waals surface area contributed by atoms with Crippen LogP contribution in [0, 0.1) is 13.8 Å². The van der Waals surface area contributed by atoms with Crippen molar-refractivity contribution in [2.24, 2.45) is 0 Å². The molecule has 8 rings (SSSR count). The van der Waals surface area contributed by atoms with E-state index in [4.69, 9.17) is 9.97 Å². The third-order valence-corrected chi connectivity index (χ3v) is 9.38. The van der Waals surface area contributed by atoms with Crippen molar-refractivity contribution in [3.05, 3.63) is 132 Å². The maximum atomic E-state index is 4.82. The fourth-order valence-electron chi connectivity index (χ4n) is 6.91. The lowest BCUT2D eigenvalue weighted by atomic mass is 9.95. The Bertz CT molecular complexity index is 2320. The second kappa shape index (κ2) is 10.2. The number of benzene rings is 4. The van der Waals surface area contributed by atoms with Gasteiger partial charge in [0.25, 0.3) is 0 Å². The molecule has 8 aromatic rings. The summed E-state index contributed by atoms with van der Waals surface area (Å²) in [6.07, 6.45) is 4.90. The van der Waals surface area contributed by atoms with Crippen molar-refractivity contribution in [2.45, 2.75) is 40.0 Å². The standard InChI is InChI=1S/C40H34N4/c1-5-25(2)28-14-19-36-34(24-28)40-38(13-9-21-42-40)44(36)30-16-18-32(27(4)23-30)31-17-15-29(22-26(31)3)43-35-11-7-6-10-33(35)39-37(43)12-8-20-41-39/h6-25H,5H2,1-4H3. The van der Waals surface area contributed by atoms with Crippen LogP contribution >= 0.6 is 0 Å². The number of rotatable bonds is 5. The molecule has 214 valence electrons. The molecule has 0 aliphatic heterocycles. The Kier molecular flexibility index (Phi) is 6.12. The number of nitrogens with zero attached hydrogens (tertiary/aromatic N) is 4. The molecule has 4 aromatic heterocycles. The van der Waals surface area contributed by atoms with Crippen molar-refractivity contribution < 1.29 is 0 Å². The van der Waals surface area contributed by atoms with Gasteiger partial charge in [-0.25, -0.2) is 0 Å². The van der Waals surface area contributed by atoms with Gasteiger partial charge in [-0.1, -0.05) is 50.2 Å². The minimum Gasteiger partial charge on any atom is -0.308 e. The molecule has 0 saturated carbocycles. The molecule has 0 bridgehead atoms. The molecule has 0 radical (unpaired) electrons. The molecule has 1 unspecified atom stereocenters. The summed E-state index contributed by atoms with van der Waals surface area (Å²) >= 11 is 0. The zero-order valence-electron chi connectivity index (χ0n) is 25.5. The van der Waals surface area contributed by atoms with Crippen LogP contribution in [0.1, 0.15) is 42.9 Å². The van der Waals surface area contributed by atoms with Crippen molar-refractivity contribution in [3.8, 4) is 22.5 Å². The highest BCUT2D eigenvalue weighted by atomic mass is 15.0. The maximum absolute atomic E-state index is 4.82. The van der Waals surface area contributed by atoms with Crippen molar-refractivity contribution in [1.29, 1.82) is 0 Å². The summed E-state index contributed by atoms with van der Waals surface area (Å²) in [5.41, 5.74) is 15.4. The van der Waals surface area contributed by atoms with Crippen molar-refractivity contribution in [3.63, 3.8) is 0 Å². The molecular formula is C40H34N4. The molecule has 4 aromatic carbocycles. The molecule has 44 heavy (non-hydrogen) atoms. The monoisotopic (exact) mass is 570 g/mol. The summed E-state index contributed by atoms with van der Waals surface area (Å²) < 4.78 is 4.69. The minimum atomic E-state index is 0.518. The van der Waals surface area contributed by atoms with Crippen LogP contribution in [-0.4, -0.2) is 19.1 Å². The Labute approximate surface area is 257 Å². The molecule has 0 aliphatic rings. The Hall–Kier alpha value is -5.22. The Morgan fingerprint density at radius 1 is 0.568 bits per heavy atom. The average molecular weight is 571 g/mol. The number of pyridine rings is 2. The summed E-state index contributed by atoms with van der Waals surface area (Å²) in [5, 5.41) is 2.39. The third kappa shape index (κ3) is 3.98. The van der Waals surface area contributed by atoms with Gasteiger partial charge in [-0.2, -0.15) is 0 Å². The second-order valence-electron chi connectivity index (χ2n) is 12.0.